The maximum absolute atomic E-state index is 5.07. The van der Waals surface area contributed by atoms with Gasteiger partial charge in [0, 0.05) is 0 Å². The summed E-state index contributed by atoms with van der Waals surface area (Å²) in [6.45, 7) is 1.86. The van der Waals surface area contributed by atoms with E-state index in [0.29, 0.717) is 0 Å². The summed E-state index contributed by atoms with van der Waals surface area (Å²) >= 11 is 0. The Kier molecular flexibility index (Phi) is 3.08. The van der Waals surface area contributed by atoms with Gasteiger partial charge < -0.3 is 5.84 Å². The van der Waals surface area contributed by atoms with Crippen LogP contribution in [-0.2, 0) is 0 Å². The predicted octanol–water partition coefficient (Wildman–Crippen LogP) is 2.03. The summed E-state index contributed by atoms with van der Waals surface area (Å²) in [6, 6.07) is 10.0. The third kappa shape index (κ3) is 2.58. The fourth-order valence-corrected chi connectivity index (χ4v) is 0.824. The zero-order valence-electron chi connectivity index (χ0n) is 7.07. The molecule has 1 rings (SSSR count). The molecule has 2 nitrogen and oxygen atoms in total. The van der Waals surface area contributed by atoms with E-state index in [1.54, 1.807) is 0 Å². The first kappa shape index (κ1) is 8.53. The van der Waals surface area contributed by atoms with E-state index >= 15 is 0 Å². The van der Waals surface area contributed by atoms with Gasteiger partial charge in [-0.05, 0) is 18.6 Å². The molecule has 0 fully saturated rings. The molecule has 2 heteroatoms. The van der Waals surface area contributed by atoms with Gasteiger partial charge in [0.05, 0.1) is 5.71 Å². The van der Waals surface area contributed by atoms with Crippen LogP contribution in [0.25, 0.3) is 6.08 Å². The van der Waals surface area contributed by atoms with Crippen molar-refractivity contribution >= 4 is 11.8 Å². The van der Waals surface area contributed by atoms with E-state index in [0.717, 1.165) is 11.3 Å². The highest BCUT2D eigenvalue weighted by molar-refractivity contribution is 5.96. The van der Waals surface area contributed by atoms with Crippen LogP contribution in [0.3, 0.4) is 0 Å². The van der Waals surface area contributed by atoms with Crippen LogP contribution in [0.4, 0.5) is 0 Å². The molecule has 62 valence electrons. The highest BCUT2D eigenvalue weighted by Gasteiger charge is 1.83. The normalized spacial score (nSPS) is 12.2. The maximum atomic E-state index is 5.07. The summed E-state index contributed by atoms with van der Waals surface area (Å²) < 4.78 is 0. The van der Waals surface area contributed by atoms with Gasteiger partial charge in [-0.2, -0.15) is 5.10 Å². The second-order valence-corrected chi connectivity index (χ2v) is 2.51. The van der Waals surface area contributed by atoms with Crippen molar-refractivity contribution in [2.24, 2.45) is 10.9 Å². The summed E-state index contributed by atoms with van der Waals surface area (Å²) in [4.78, 5) is 0. The summed E-state index contributed by atoms with van der Waals surface area (Å²) in [6.07, 6.45) is 3.86. The molecule has 12 heavy (non-hydrogen) atoms. The first-order chi connectivity index (χ1) is 5.83. The number of benzene rings is 1. The van der Waals surface area contributed by atoms with E-state index in [9.17, 15) is 0 Å². The largest absolute Gasteiger partial charge is 0.323 e. The molecule has 0 radical (unpaired) electrons. The van der Waals surface area contributed by atoms with Crippen LogP contribution in [0, 0.1) is 0 Å². The average Bonchev–Trinajstić information content (AvgIpc) is 2.16. The molecule has 0 saturated carbocycles. The van der Waals surface area contributed by atoms with E-state index in [-0.39, 0.29) is 0 Å². The highest BCUT2D eigenvalue weighted by Crippen LogP contribution is 2.00. The SMILES string of the molecule is CC(/C=C/c1ccccc1)=N\N. The molecule has 0 bridgehead atoms. The molecule has 1 aromatic carbocycles. The second kappa shape index (κ2) is 4.34. The fourth-order valence-electron chi connectivity index (χ4n) is 0.824. The highest BCUT2D eigenvalue weighted by atomic mass is 15.1. The summed E-state index contributed by atoms with van der Waals surface area (Å²) in [5.74, 6) is 5.07. The minimum absolute atomic E-state index is 0.818. The molecule has 0 aromatic heterocycles. The van der Waals surface area contributed by atoms with Crippen molar-refractivity contribution in [1.29, 1.82) is 0 Å². The lowest BCUT2D eigenvalue weighted by atomic mass is 10.2. The Bertz CT molecular complexity index is 286. The van der Waals surface area contributed by atoms with Gasteiger partial charge in [0.15, 0.2) is 0 Å². The molecule has 1 aromatic rings. The number of nitrogens with two attached hydrogens (primary N) is 1. The first-order valence-electron chi connectivity index (χ1n) is 3.80. The topological polar surface area (TPSA) is 38.4 Å². The quantitative estimate of drug-likeness (QED) is 0.401. The minimum atomic E-state index is 0.818. The van der Waals surface area contributed by atoms with Crippen molar-refractivity contribution in [3.8, 4) is 0 Å². The molecule has 0 amide bonds. The van der Waals surface area contributed by atoms with Gasteiger partial charge in [0.25, 0.3) is 0 Å². The molecular formula is C10H12N2. The minimum Gasteiger partial charge on any atom is -0.323 e. The van der Waals surface area contributed by atoms with E-state index in [2.05, 4.69) is 5.10 Å². The molecule has 0 atom stereocenters. The summed E-state index contributed by atoms with van der Waals surface area (Å²) in [5.41, 5.74) is 1.97. The third-order valence-electron chi connectivity index (χ3n) is 1.52. The molecule has 0 saturated heterocycles. The molecular weight excluding hydrogens is 148 g/mol. The molecule has 0 aliphatic heterocycles. The lowest BCUT2D eigenvalue weighted by Crippen LogP contribution is -1.90. The number of hydrogen-bond donors (Lipinski definition) is 1. The Morgan fingerprint density at radius 3 is 2.58 bits per heavy atom. The van der Waals surface area contributed by atoms with Crippen LogP contribution < -0.4 is 5.84 Å². The van der Waals surface area contributed by atoms with Crippen LogP contribution in [0.1, 0.15) is 12.5 Å². The van der Waals surface area contributed by atoms with Gasteiger partial charge in [-0.15, -0.1) is 0 Å². The lowest BCUT2D eigenvalue weighted by Gasteiger charge is -1.90. The van der Waals surface area contributed by atoms with Crippen LogP contribution >= 0.6 is 0 Å². The molecule has 0 aliphatic rings. The number of hydrogen-bond acceptors (Lipinski definition) is 2. The number of allylic oxidation sites excluding steroid dienone is 1. The van der Waals surface area contributed by atoms with E-state index in [1.165, 1.54) is 0 Å². The Hall–Kier alpha value is -1.57. The second-order valence-electron chi connectivity index (χ2n) is 2.51. The van der Waals surface area contributed by atoms with Gasteiger partial charge in [0.2, 0.25) is 0 Å². The van der Waals surface area contributed by atoms with Gasteiger partial charge in [-0.3, -0.25) is 0 Å². The van der Waals surface area contributed by atoms with Crippen molar-refractivity contribution in [2.75, 3.05) is 0 Å². The van der Waals surface area contributed by atoms with Crippen molar-refractivity contribution in [3.05, 3.63) is 42.0 Å². The van der Waals surface area contributed by atoms with Crippen LogP contribution in [0.5, 0.6) is 0 Å². The maximum Gasteiger partial charge on any atom is 0.0569 e. The van der Waals surface area contributed by atoms with Crippen molar-refractivity contribution < 1.29 is 0 Å². The molecule has 0 aliphatic carbocycles. The van der Waals surface area contributed by atoms with Gasteiger partial charge in [-0.25, -0.2) is 0 Å². The standard InChI is InChI=1S/C10H12N2/c1-9(12-11)7-8-10-5-3-2-4-6-10/h2-8H,11H2,1H3/b8-7+,12-9+. The third-order valence-corrected chi connectivity index (χ3v) is 1.52. The van der Waals surface area contributed by atoms with Crippen LogP contribution in [0.15, 0.2) is 41.5 Å². The van der Waals surface area contributed by atoms with E-state index < -0.39 is 0 Å². The Labute approximate surface area is 72.4 Å². The molecule has 0 unspecified atom stereocenters. The molecule has 0 heterocycles. The van der Waals surface area contributed by atoms with Gasteiger partial charge >= 0.3 is 0 Å². The number of nitrogens with zero attached hydrogens (tertiary/aromatic N) is 1. The average molecular weight is 160 g/mol. The van der Waals surface area contributed by atoms with E-state index in [1.807, 2.05) is 49.4 Å². The Morgan fingerprint density at radius 2 is 2.00 bits per heavy atom. The summed E-state index contributed by atoms with van der Waals surface area (Å²) in [5, 5.41) is 3.53. The number of hydrazone groups is 1. The smallest absolute Gasteiger partial charge is 0.0569 e. The number of rotatable bonds is 2. The zero-order chi connectivity index (χ0) is 8.81. The van der Waals surface area contributed by atoms with Gasteiger partial charge in [0.1, 0.15) is 0 Å². The Morgan fingerprint density at radius 1 is 1.33 bits per heavy atom. The van der Waals surface area contributed by atoms with E-state index in [4.69, 9.17) is 5.84 Å². The van der Waals surface area contributed by atoms with Crippen molar-refractivity contribution in [2.45, 2.75) is 6.92 Å². The first-order valence-corrected chi connectivity index (χ1v) is 3.80. The molecule has 2 N–H and O–H groups in total. The van der Waals surface area contributed by atoms with Crippen LogP contribution in [-0.4, -0.2) is 5.71 Å². The Balaban J connectivity index is 2.70. The van der Waals surface area contributed by atoms with Crippen LogP contribution in [0.2, 0.25) is 0 Å². The molecule has 0 spiro atoms. The zero-order valence-corrected chi connectivity index (χ0v) is 7.07. The van der Waals surface area contributed by atoms with Crippen molar-refractivity contribution in [3.63, 3.8) is 0 Å². The monoisotopic (exact) mass is 160 g/mol. The lowest BCUT2D eigenvalue weighted by molar-refractivity contribution is 1.24. The van der Waals surface area contributed by atoms with Crippen molar-refractivity contribution in [1.82, 2.24) is 0 Å². The van der Waals surface area contributed by atoms with Gasteiger partial charge in [-0.1, -0.05) is 36.4 Å². The summed E-state index contributed by atoms with van der Waals surface area (Å²) in [7, 11) is 0. The fraction of sp³-hybridized carbons (Fsp3) is 0.100. The predicted molar refractivity (Wildman–Crippen MR) is 52.8 cm³/mol.